The normalized spacial score (nSPS) is 20.2. The molecule has 0 bridgehead atoms. The van der Waals surface area contributed by atoms with E-state index in [2.05, 4.69) is 5.32 Å². The first-order valence-electron chi connectivity index (χ1n) is 4.25. The minimum absolute atomic E-state index is 0.0238. The van der Waals surface area contributed by atoms with Crippen LogP contribution in [0.4, 0.5) is 5.69 Å². The van der Waals surface area contributed by atoms with E-state index in [-0.39, 0.29) is 6.10 Å². The highest BCUT2D eigenvalue weighted by Crippen LogP contribution is 2.32. The molecule has 1 unspecified atom stereocenters. The predicted octanol–water partition coefficient (Wildman–Crippen LogP) is 2.52. The van der Waals surface area contributed by atoms with Crippen molar-refractivity contribution >= 4 is 22.9 Å². The molecule has 68 valence electrons. The second-order valence-corrected chi connectivity index (χ2v) is 3.64. The van der Waals surface area contributed by atoms with Gasteiger partial charge in [0, 0.05) is 0 Å². The van der Waals surface area contributed by atoms with Crippen LogP contribution in [0.15, 0.2) is 18.2 Å². The maximum absolute atomic E-state index is 5.62. The summed E-state index contributed by atoms with van der Waals surface area (Å²) in [4.78, 5) is 0.752. The minimum atomic E-state index is -0.0238. The molecule has 1 aliphatic rings. The van der Waals surface area contributed by atoms with Gasteiger partial charge in [-0.15, -0.1) is 0 Å². The van der Waals surface area contributed by atoms with Crippen molar-refractivity contribution < 1.29 is 4.74 Å². The number of thiocarbonyl (C=S) groups is 1. The number of anilines is 1. The van der Waals surface area contributed by atoms with Crippen LogP contribution < -0.4 is 10.1 Å². The number of ether oxygens (including phenoxy) is 1. The molecule has 0 spiro atoms. The molecule has 0 aliphatic carbocycles. The average molecular weight is 193 g/mol. The van der Waals surface area contributed by atoms with Crippen LogP contribution in [0, 0.1) is 6.92 Å². The molecule has 0 aromatic heterocycles. The Bertz CT molecular complexity index is 362. The predicted molar refractivity (Wildman–Crippen MR) is 57.5 cm³/mol. The Morgan fingerprint density at radius 2 is 2.23 bits per heavy atom. The summed E-state index contributed by atoms with van der Waals surface area (Å²) >= 11 is 5.13. The van der Waals surface area contributed by atoms with E-state index in [9.17, 15) is 0 Å². The molecular formula is C10H11NOS. The highest BCUT2D eigenvalue weighted by atomic mass is 32.1. The van der Waals surface area contributed by atoms with Crippen molar-refractivity contribution in [1.29, 1.82) is 0 Å². The zero-order valence-electron chi connectivity index (χ0n) is 7.63. The van der Waals surface area contributed by atoms with Gasteiger partial charge in [-0.2, -0.15) is 0 Å². The van der Waals surface area contributed by atoms with Gasteiger partial charge in [0.25, 0.3) is 0 Å². The second kappa shape index (κ2) is 3.00. The highest BCUT2D eigenvalue weighted by molar-refractivity contribution is 7.80. The molecule has 0 saturated carbocycles. The van der Waals surface area contributed by atoms with Crippen LogP contribution in [0.1, 0.15) is 12.5 Å². The summed E-state index contributed by atoms with van der Waals surface area (Å²) in [5.74, 6) is 0.890. The number of aryl methyl sites for hydroxylation is 1. The van der Waals surface area contributed by atoms with Gasteiger partial charge in [-0.25, -0.2) is 0 Å². The number of benzene rings is 1. The zero-order chi connectivity index (χ0) is 9.42. The van der Waals surface area contributed by atoms with E-state index in [1.165, 1.54) is 0 Å². The summed E-state index contributed by atoms with van der Waals surface area (Å²) in [5, 5.41) is 3.18. The molecule has 0 fully saturated rings. The molecule has 1 atom stereocenters. The van der Waals surface area contributed by atoms with Crippen molar-refractivity contribution in [2.24, 2.45) is 0 Å². The third kappa shape index (κ3) is 1.40. The topological polar surface area (TPSA) is 21.3 Å². The smallest absolute Gasteiger partial charge is 0.146 e. The monoisotopic (exact) mass is 193 g/mol. The van der Waals surface area contributed by atoms with Crippen molar-refractivity contribution in [1.82, 2.24) is 0 Å². The molecule has 0 amide bonds. The largest absolute Gasteiger partial charge is 0.481 e. The van der Waals surface area contributed by atoms with E-state index in [0.717, 1.165) is 22.0 Å². The fraction of sp³-hybridized carbons (Fsp3) is 0.300. The quantitative estimate of drug-likeness (QED) is 0.640. The van der Waals surface area contributed by atoms with Crippen LogP contribution in [0.5, 0.6) is 5.75 Å². The van der Waals surface area contributed by atoms with Gasteiger partial charge in [0.2, 0.25) is 0 Å². The van der Waals surface area contributed by atoms with Crippen LogP contribution in [0.3, 0.4) is 0 Å². The van der Waals surface area contributed by atoms with E-state index < -0.39 is 0 Å². The first kappa shape index (κ1) is 8.51. The lowest BCUT2D eigenvalue weighted by atomic mass is 10.1. The van der Waals surface area contributed by atoms with Gasteiger partial charge >= 0.3 is 0 Å². The van der Waals surface area contributed by atoms with Crippen LogP contribution in [0.2, 0.25) is 0 Å². The number of hydrogen-bond acceptors (Lipinski definition) is 2. The van der Waals surface area contributed by atoms with Crippen molar-refractivity contribution in [2.45, 2.75) is 20.0 Å². The molecule has 2 nitrogen and oxygen atoms in total. The van der Waals surface area contributed by atoms with E-state index in [1.807, 2.05) is 32.0 Å². The molecule has 3 heteroatoms. The van der Waals surface area contributed by atoms with E-state index in [0.29, 0.717) is 0 Å². The van der Waals surface area contributed by atoms with Crippen molar-refractivity contribution in [3.8, 4) is 5.75 Å². The molecule has 0 radical (unpaired) electrons. The fourth-order valence-electron chi connectivity index (χ4n) is 1.37. The Kier molecular flexibility index (Phi) is 1.96. The summed E-state index contributed by atoms with van der Waals surface area (Å²) in [7, 11) is 0. The third-order valence-corrected chi connectivity index (χ3v) is 2.59. The molecule has 2 rings (SSSR count). The molecule has 0 saturated heterocycles. The number of hydrogen-bond donors (Lipinski definition) is 1. The Labute approximate surface area is 82.9 Å². The molecule has 1 aliphatic heterocycles. The molecule has 1 aromatic rings. The van der Waals surface area contributed by atoms with Crippen molar-refractivity contribution in [2.75, 3.05) is 5.32 Å². The van der Waals surface area contributed by atoms with E-state index in [1.54, 1.807) is 0 Å². The number of rotatable bonds is 0. The summed E-state index contributed by atoms with van der Waals surface area (Å²) in [6.07, 6.45) is -0.0238. The summed E-state index contributed by atoms with van der Waals surface area (Å²) in [6, 6.07) is 5.97. The third-order valence-electron chi connectivity index (χ3n) is 2.16. The second-order valence-electron chi connectivity index (χ2n) is 3.20. The summed E-state index contributed by atoms with van der Waals surface area (Å²) in [6.45, 7) is 3.98. The van der Waals surface area contributed by atoms with Crippen LogP contribution in [-0.2, 0) is 0 Å². The molecule has 1 N–H and O–H groups in total. The fourth-order valence-corrected chi connectivity index (χ4v) is 1.52. The van der Waals surface area contributed by atoms with Crippen molar-refractivity contribution in [3.63, 3.8) is 0 Å². The Hall–Kier alpha value is -1.09. The lowest BCUT2D eigenvalue weighted by Crippen LogP contribution is -2.33. The lowest BCUT2D eigenvalue weighted by Gasteiger charge is -2.26. The summed E-state index contributed by atoms with van der Waals surface area (Å²) in [5.41, 5.74) is 2.16. The highest BCUT2D eigenvalue weighted by Gasteiger charge is 2.20. The molecule has 13 heavy (non-hydrogen) atoms. The van der Waals surface area contributed by atoms with E-state index in [4.69, 9.17) is 17.0 Å². The zero-order valence-corrected chi connectivity index (χ0v) is 8.44. The molecular weight excluding hydrogens is 182 g/mol. The molecule has 1 aromatic carbocycles. The van der Waals surface area contributed by atoms with Crippen LogP contribution >= 0.6 is 12.2 Å². The Morgan fingerprint density at radius 3 is 3.00 bits per heavy atom. The number of nitrogens with one attached hydrogen (secondary N) is 1. The average Bonchev–Trinajstić information content (AvgIpc) is 2.09. The van der Waals surface area contributed by atoms with Gasteiger partial charge in [0.15, 0.2) is 0 Å². The van der Waals surface area contributed by atoms with Gasteiger partial charge in [-0.1, -0.05) is 24.4 Å². The number of fused-ring (bicyclic) bond motifs is 1. The van der Waals surface area contributed by atoms with E-state index >= 15 is 0 Å². The first-order valence-corrected chi connectivity index (χ1v) is 4.66. The van der Waals surface area contributed by atoms with Gasteiger partial charge < -0.3 is 10.1 Å². The molecule has 1 heterocycles. The minimum Gasteiger partial charge on any atom is -0.481 e. The van der Waals surface area contributed by atoms with Crippen LogP contribution in [-0.4, -0.2) is 11.1 Å². The maximum Gasteiger partial charge on any atom is 0.146 e. The SMILES string of the molecule is Cc1cccc2c1NC(=S)C(C)O2. The van der Waals surface area contributed by atoms with Gasteiger partial charge in [0.05, 0.1) is 5.69 Å². The first-order chi connectivity index (χ1) is 6.18. The standard InChI is InChI=1S/C10H11NOS/c1-6-4-3-5-8-9(6)11-10(13)7(2)12-8/h3-5,7H,1-2H3,(H,11,13). The number of para-hydroxylation sites is 1. The van der Waals surface area contributed by atoms with Gasteiger partial charge in [-0.05, 0) is 25.5 Å². The Balaban J connectivity index is 2.48. The van der Waals surface area contributed by atoms with Gasteiger partial charge in [0.1, 0.15) is 16.8 Å². The Morgan fingerprint density at radius 1 is 1.46 bits per heavy atom. The van der Waals surface area contributed by atoms with Gasteiger partial charge in [-0.3, -0.25) is 0 Å². The van der Waals surface area contributed by atoms with Crippen LogP contribution in [0.25, 0.3) is 0 Å². The maximum atomic E-state index is 5.62. The lowest BCUT2D eigenvalue weighted by molar-refractivity contribution is 0.285. The van der Waals surface area contributed by atoms with Crippen molar-refractivity contribution in [3.05, 3.63) is 23.8 Å². The summed E-state index contributed by atoms with van der Waals surface area (Å²) < 4.78 is 5.62.